The van der Waals surface area contributed by atoms with Crippen LogP contribution in [0.1, 0.15) is 49.9 Å². The molecule has 0 saturated heterocycles. The second-order valence-corrected chi connectivity index (χ2v) is 13.4. The molecule has 0 bridgehead atoms. The highest BCUT2D eigenvalue weighted by Crippen LogP contribution is 2.63. The predicted octanol–water partition coefficient (Wildman–Crippen LogP) is 11.6. The maximum Gasteiger partial charge on any atom is 0.144 e. The van der Waals surface area contributed by atoms with Gasteiger partial charge in [0, 0.05) is 44.1 Å². The molecule has 0 saturated carbocycles. The minimum Gasteiger partial charge on any atom is -0.455 e. The summed E-state index contributed by atoms with van der Waals surface area (Å²) in [6, 6.07) is 43.6. The van der Waals surface area contributed by atoms with Gasteiger partial charge in [-0.2, -0.15) is 0 Å². The molecule has 0 fully saturated rings. The highest BCUT2D eigenvalue weighted by Gasteiger charge is 2.48. The average Bonchev–Trinajstić information content (AvgIpc) is 3.62. The van der Waals surface area contributed by atoms with E-state index in [1.54, 1.807) is 0 Å². The maximum absolute atomic E-state index is 6.80. The highest BCUT2D eigenvalue weighted by molar-refractivity contribution is 6.20. The Balaban J connectivity index is 1.30. The molecule has 0 radical (unpaired) electrons. The molecule has 44 heavy (non-hydrogen) atoms. The first-order chi connectivity index (χ1) is 21.4. The fourth-order valence-corrected chi connectivity index (χ4v) is 8.22. The Labute approximate surface area is 258 Å². The van der Waals surface area contributed by atoms with Gasteiger partial charge in [0.1, 0.15) is 11.2 Å². The van der Waals surface area contributed by atoms with Crippen LogP contribution in [-0.2, 0) is 10.8 Å². The van der Waals surface area contributed by atoms with Gasteiger partial charge in [-0.1, -0.05) is 125 Å². The lowest BCUT2D eigenvalue weighted by atomic mass is 9.72. The molecule has 9 rings (SSSR count). The van der Waals surface area contributed by atoms with Crippen LogP contribution < -0.4 is 5.32 Å². The fourth-order valence-electron chi connectivity index (χ4n) is 8.22. The van der Waals surface area contributed by atoms with Crippen LogP contribution in [0.15, 0.2) is 126 Å². The van der Waals surface area contributed by atoms with Crippen molar-refractivity contribution in [1.29, 1.82) is 0 Å². The Morgan fingerprint density at radius 2 is 1.18 bits per heavy atom. The third-order valence-electron chi connectivity index (χ3n) is 10.2. The van der Waals surface area contributed by atoms with Gasteiger partial charge in [-0.3, -0.25) is 0 Å². The Kier molecular flexibility index (Phi) is 5.05. The number of rotatable bonds is 3. The first-order valence-electron chi connectivity index (χ1n) is 15.5. The molecule has 1 heterocycles. The molecular weight excluding hydrogens is 534 g/mol. The smallest absolute Gasteiger partial charge is 0.144 e. The number of benzene rings is 6. The molecule has 1 N–H and O–H groups in total. The summed E-state index contributed by atoms with van der Waals surface area (Å²) in [6.07, 6.45) is 0. The lowest BCUT2D eigenvalue weighted by molar-refractivity contribution is 0.600. The topological polar surface area (TPSA) is 25.2 Å². The quantitative estimate of drug-likeness (QED) is 0.230. The Hall–Kier alpha value is -5.08. The van der Waals surface area contributed by atoms with E-state index >= 15 is 0 Å². The van der Waals surface area contributed by atoms with Crippen LogP contribution in [0.2, 0.25) is 0 Å². The van der Waals surface area contributed by atoms with E-state index in [-0.39, 0.29) is 10.8 Å². The van der Waals surface area contributed by atoms with Gasteiger partial charge in [-0.25, -0.2) is 0 Å². The lowest BCUT2D eigenvalue weighted by Crippen LogP contribution is -2.24. The Morgan fingerprint density at radius 3 is 2.02 bits per heavy atom. The summed E-state index contributed by atoms with van der Waals surface area (Å²) < 4.78 is 6.80. The van der Waals surface area contributed by atoms with Crippen LogP contribution >= 0.6 is 0 Å². The van der Waals surface area contributed by atoms with Crippen molar-refractivity contribution in [1.82, 2.24) is 0 Å². The highest BCUT2D eigenvalue weighted by atomic mass is 16.3. The number of anilines is 2. The molecule has 6 aromatic carbocycles. The van der Waals surface area contributed by atoms with Crippen molar-refractivity contribution in [2.45, 2.75) is 38.5 Å². The van der Waals surface area contributed by atoms with Gasteiger partial charge in [0.05, 0.1) is 0 Å². The molecule has 212 valence electrons. The first kappa shape index (κ1) is 25.4. The molecule has 0 unspecified atom stereocenters. The Morgan fingerprint density at radius 1 is 0.545 bits per heavy atom. The largest absolute Gasteiger partial charge is 0.455 e. The maximum atomic E-state index is 6.80. The Bertz CT molecular complexity index is 2300. The van der Waals surface area contributed by atoms with Crippen LogP contribution in [0.5, 0.6) is 0 Å². The first-order valence-corrected chi connectivity index (χ1v) is 15.5. The van der Waals surface area contributed by atoms with Gasteiger partial charge >= 0.3 is 0 Å². The number of furan rings is 1. The van der Waals surface area contributed by atoms with Crippen molar-refractivity contribution >= 4 is 33.3 Å². The van der Waals surface area contributed by atoms with E-state index in [1.807, 2.05) is 0 Å². The normalized spacial score (nSPS) is 15.2. The molecule has 0 amide bonds. The van der Waals surface area contributed by atoms with Crippen LogP contribution in [-0.4, -0.2) is 0 Å². The van der Waals surface area contributed by atoms with Gasteiger partial charge in [0.15, 0.2) is 0 Å². The van der Waals surface area contributed by atoms with Crippen molar-refractivity contribution in [3.8, 4) is 33.4 Å². The minimum atomic E-state index is -0.211. The number of fused-ring (bicyclic) bond motifs is 12. The standard InChI is InChI=1S/C42H33NO/c1-41(2)31-19-11-8-17-28(31)37-39(41)38-35(36-30-18-10-13-21-34(30)44-40(36)37)29-23-22-26(24-32(29)42(38,3)4)43-33-20-12-9-16-27(33)25-14-6-5-7-15-25/h5-24,43H,1-4H3. The molecule has 7 aromatic rings. The van der Waals surface area contributed by atoms with Crippen molar-refractivity contribution < 1.29 is 4.42 Å². The summed E-state index contributed by atoms with van der Waals surface area (Å²) in [6.45, 7) is 9.59. The molecule has 2 nitrogen and oxygen atoms in total. The number of para-hydroxylation sites is 2. The van der Waals surface area contributed by atoms with Crippen molar-refractivity contribution in [3.05, 3.63) is 144 Å². The summed E-state index contributed by atoms with van der Waals surface area (Å²) in [7, 11) is 0. The zero-order chi connectivity index (χ0) is 29.8. The van der Waals surface area contributed by atoms with Crippen molar-refractivity contribution in [2.75, 3.05) is 5.32 Å². The summed E-state index contributed by atoms with van der Waals surface area (Å²) in [5.41, 5.74) is 17.0. The molecule has 2 heteroatoms. The molecule has 1 aromatic heterocycles. The lowest BCUT2D eigenvalue weighted by Gasteiger charge is -2.31. The van der Waals surface area contributed by atoms with Crippen LogP contribution in [0, 0.1) is 0 Å². The monoisotopic (exact) mass is 567 g/mol. The van der Waals surface area contributed by atoms with Crippen molar-refractivity contribution in [2.24, 2.45) is 0 Å². The number of nitrogens with one attached hydrogen (secondary N) is 1. The van der Waals surface area contributed by atoms with E-state index in [2.05, 4.69) is 154 Å². The zero-order valence-corrected chi connectivity index (χ0v) is 25.5. The minimum absolute atomic E-state index is 0.155. The molecule has 2 aliphatic rings. The van der Waals surface area contributed by atoms with E-state index in [9.17, 15) is 0 Å². The fraction of sp³-hybridized carbons (Fsp3) is 0.143. The third kappa shape index (κ3) is 3.26. The van der Waals surface area contributed by atoms with E-state index < -0.39 is 0 Å². The number of hydrogen-bond acceptors (Lipinski definition) is 2. The van der Waals surface area contributed by atoms with Gasteiger partial charge in [-0.15, -0.1) is 0 Å². The van der Waals surface area contributed by atoms with Crippen molar-refractivity contribution in [3.63, 3.8) is 0 Å². The van der Waals surface area contributed by atoms with Gasteiger partial charge in [-0.05, 0) is 68.8 Å². The van der Waals surface area contributed by atoms with E-state index in [4.69, 9.17) is 4.42 Å². The molecule has 2 aliphatic carbocycles. The third-order valence-corrected chi connectivity index (χ3v) is 10.2. The van der Waals surface area contributed by atoms with Crippen LogP contribution in [0.4, 0.5) is 11.4 Å². The van der Waals surface area contributed by atoms with Gasteiger partial charge in [0.25, 0.3) is 0 Å². The second kappa shape index (κ2) is 8.74. The molecule has 0 aliphatic heterocycles. The van der Waals surface area contributed by atoms with Crippen LogP contribution in [0.3, 0.4) is 0 Å². The van der Waals surface area contributed by atoms with E-state index in [0.717, 1.165) is 22.5 Å². The summed E-state index contributed by atoms with van der Waals surface area (Å²) in [5.74, 6) is 0. The molecular formula is C42H33NO. The second-order valence-electron chi connectivity index (χ2n) is 13.4. The average molecular weight is 568 g/mol. The zero-order valence-electron chi connectivity index (χ0n) is 25.5. The van der Waals surface area contributed by atoms with Crippen LogP contribution in [0.25, 0.3) is 55.3 Å². The van der Waals surface area contributed by atoms with Gasteiger partial charge in [0.2, 0.25) is 0 Å². The summed E-state index contributed by atoms with van der Waals surface area (Å²) in [4.78, 5) is 0. The molecule has 0 atom stereocenters. The van der Waals surface area contributed by atoms with E-state index in [1.165, 1.54) is 66.4 Å². The number of hydrogen-bond donors (Lipinski definition) is 1. The summed E-state index contributed by atoms with van der Waals surface area (Å²) >= 11 is 0. The predicted molar refractivity (Wildman–Crippen MR) is 184 cm³/mol. The summed E-state index contributed by atoms with van der Waals surface area (Å²) in [5, 5.41) is 6.22. The van der Waals surface area contributed by atoms with E-state index in [0.29, 0.717) is 0 Å². The SMILES string of the molecule is CC1(C)c2ccccc2-c2c1c1c(c3c2oc2ccccc23)-c2ccc(Nc3ccccc3-c3ccccc3)cc2C1(C)C. The van der Waals surface area contributed by atoms with Gasteiger partial charge < -0.3 is 9.73 Å². The molecule has 0 spiro atoms.